The van der Waals surface area contributed by atoms with Gasteiger partial charge in [0.1, 0.15) is 0 Å². The highest BCUT2D eigenvalue weighted by molar-refractivity contribution is 5.64. The molecule has 0 aromatic heterocycles. The molecule has 0 atom stereocenters. The molecule has 0 amide bonds. The summed E-state index contributed by atoms with van der Waals surface area (Å²) in [4.78, 5) is 0. The van der Waals surface area contributed by atoms with Gasteiger partial charge in [-0.2, -0.15) is 0 Å². The molecule has 0 heteroatoms. The van der Waals surface area contributed by atoms with Crippen LogP contribution in [0.4, 0.5) is 0 Å². The molecule has 158 valence electrons. The standard InChI is InChI=1S/C31H34/c1-3-5-7-11-27-14-16-28(17-15-27)12-8-9-13-29-20-24-31(25-21-29)30-22-18-26(19-23-30)10-6-4-2/h3-6,8-9,14-25H,7,10-13H2,1-2H3/b5-3+,6-4+,9-8+. The molecule has 0 N–H and O–H groups in total. The highest BCUT2D eigenvalue weighted by Crippen LogP contribution is 2.21. The zero-order valence-corrected chi connectivity index (χ0v) is 18.9. The van der Waals surface area contributed by atoms with Crippen LogP contribution in [-0.2, 0) is 25.7 Å². The van der Waals surface area contributed by atoms with Crippen LogP contribution in [0.15, 0.2) is 109 Å². The molecule has 0 heterocycles. The number of rotatable bonds is 10. The summed E-state index contributed by atoms with van der Waals surface area (Å²) in [5.41, 5.74) is 8.05. The Morgan fingerprint density at radius 3 is 1.29 bits per heavy atom. The van der Waals surface area contributed by atoms with Gasteiger partial charge in [-0.15, -0.1) is 0 Å². The molecule has 0 radical (unpaired) electrons. The van der Waals surface area contributed by atoms with Gasteiger partial charge in [0, 0.05) is 0 Å². The molecule has 3 rings (SSSR count). The molecule has 0 saturated heterocycles. The highest BCUT2D eigenvalue weighted by Gasteiger charge is 1.99. The first-order valence-electron chi connectivity index (χ1n) is 11.4. The molecule has 0 bridgehead atoms. The van der Waals surface area contributed by atoms with Crippen LogP contribution < -0.4 is 0 Å². The van der Waals surface area contributed by atoms with Crippen LogP contribution >= 0.6 is 0 Å². The molecular formula is C31H34. The van der Waals surface area contributed by atoms with E-state index in [2.05, 4.69) is 123 Å². The molecule has 3 aromatic carbocycles. The van der Waals surface area contributed by atoms with Crippen LogP contribution in [0.1, 0.15) is 42.5 Å². The minimum Gasteiger partial charge on any atom is -0.0917 e. The van der Waals surface area contributed by atoms with Gasteiger partial charge in [0.25, 0.3) is 0 Å². The number of hydrogen-bond acceptors (Lipinski definition) is 0. The van der Waals surface area contributed by atoms with E-state index < -0.39 is 0 Å². The molecule has 0 saturated carbocycles. The summed E-state index contributed by atoms with van der Waals surface area (Å²) in [7, 11) is 0. The minimum atomic E-state index is 0.976. The van der Waals surface area contributed by atoms with Gasteiger partial charge in [-0.05, 0) is 79.3 Å². The van der Waals surface area contributed by atoms with Gasteiger partial charge >= 0.3 is 0 Å². The molecule has 0 aliphatic heterocycles. The van der Waals surface area contributed by atoms with Crippen molar-refractivity contribution < 1.29 is 0 Å². The maximum Gasteiger partial charge on any atom is -0.00973 e. The molecule has 0 spiro atoms. The van der Waals surface area contributed by atoms with Gasteiger partial charge in [0.15, 0.2) is 0 Å². The first-order chi connectivity index (χ1) is 15.3. The van der Waals surface area contributed by atoms with Crippen LogP contribution in [-0.4, -0.2) is 0 Å². The maximum absolute atomic E-state index is 2.28. The third-order valence-electron chi connectivity index (χ3n) is 5.56. The smallest absolute Gasteiger partial charge is 0.00973 e. The van der Waals surface area contributed by atoms with E-state index >= 15 is 0 Å². The second-order valence-corrected chi connectivity index (χ2v) is 7.97. The fourth-order valence-corrected chi connectivity index (χ4v) is 3.62. The summed E-state index contributed by atoms with van der Waals surface area (Å²) in [6.45, 7) is 4.14. The Labute approximate surface area is 188 Å². The Morgan fingerprint density at radius 2 is 0.839 bits per heavy atom. The first kappa shape index (κ1) is 22.6. The summed E-state index contributed by atoms with van der Waals surface area (Å²) in [6.07, 6.45) is 18.4. The van der Waals surface area contributed by atoms with E-state index in [0.717, 1.165) is 32.1 Å². The molecule has 0 aliphatic rings. The molecule has 0 nitrogen and oxygen atoms in total. The second-order valence-electron chi connectivity index (χ2n) is 7.97. The lowest BCUT2D eigenvalue weighted by atomic mass is 10.0. The minimum absolute atomic E-state index is 0.976. The van der Waals surface area contributed by atoms with Crippen molar-refractivity contribution in [3.63, 3.8) is 0 Å². The van der Waals surface area contributed by atoms with Gasteiger partial charge in [0.05, 0.1) is 0 Å². The Kier molecular flexibility index (Phi) is 9.13. The average Bonchev–Trinajstić information content (AvgIpc) is 2.82. The van der Waals surface area contributed by atoms with Gasteiger partial charge in [0.2, 0.25) is 0 Å². The highest BCUT2D eigenvalue weighted by atomic mass is 14.0. The number of benzene rings is 3. The molecule has 0 fully saturated rings. The van der Waals surface area contributed by atoms with Crippen LogP contribution in [0.3, 0.4) is 0 Å². The van der Waals surface area contributed by atoms with E-state index in [1.807, 2.05) is 0 Å². The second kappa shape index (κ2) is 12.5. The predicted molar refractivity (Wildman–Crippen MR) is 137 cm³/mol. The van der Waals surface area contributed by atoms with E-state index in [4.69, 9.17) is 0 Å². The quantitative estimate of drug-likeness (QED) is 0.297. The number of aryl methyl sites for hydroxylation is 1. The Hall–Kier alpha value is -3.12. The van der Waals surface area contributed by atoms with E-state index in [1.165, 1.54) is 33.4 Å². The summed E-state index contributed by atoms with van der Waals surface area (Å²) in [6, 6.07) is 26.9. The van der Waals surface area contributed by atoms with Crippen LogP contribution in [0.25, 0.3) is 11.1 Å². The zero-order chi connectivity index (χ0) is 21.7. The Bertz CT molecular complexity index is 981. The molecule has 0 aliphatic carbocycles. The average molecular weight is 407 g/mol. The van der Waals surface area contributed by atoms with Crippen molar-refractivity contribution in [1.82, 2.24) is 0 Å². The first-order valence-corrected chi connectivity index (χ1v) is 11.4. The molecule has 3 aromatic rings. The van der Waals surface area contributed by atoms with Gasteiger partial charge in [-0.25, -0.2) is 0 Å². The normalized spacial score (nSPS) is 11.8. The molecule has 31 heavy (non-hydrogen) atoms. The molecular weight excluding hydrogens is 372 g/mol. The van der Waals surface area contributed by atoms with Crippen LogP contribution in [0.2, 0.25) is 0 Å². The number of allylic oxidation sites excluding steroid dienone is 6. The fraction of sp³-hybridized carbons (Fsp3) is 0.226. The largest absolute Gasteiger partial charge is 0.0917 e. The lowest BCUT2D eigenvalue weighted by Crippen LogP contribution is -1.87. The van der Waals surface area contributed by atoms with E-state index in [9.17, 15) is 0 Å². The van der Waals surface area contributed by atoms with Gasteiger partial charge < -0.3 is 0 Å². The summed E-state index contributed by atoms with van der Waals surface area (Å²) < 4.78 is 0. The summed E-state index contributed by atoms with van der Waals surface area (Å²) >= 11 is 0. The predicted octanol–water partition coefficient (Wildman–Crippen LogP) is 8.32. The lowest BCUT2D eigenvalue weighted by molar-refractivity contribution is 0.996. The SMILES string of the molecule is C/C=C/CCc1ccc(C/C=C/Cc2ccc(-c3ccc(C/C=C/C)cc3)cc2)cc1. The number of hydrogen-bond donors (Lipinski definition) is 0. The monoisotopic (exact) mass is 406 g/mol. The fourth-order valence-electron chi connectivity index (χ4n) is 3.62. The molecule has 0 unspecified atom stereocenters. The van der Waals surface area contributed by atoms with E-state index in [1.54, 1.807) is 0 Å². The zero-order valence-electron chi connectivity index (χ0n) is 18.9. The van der Waals surface area contributed by atoms with Gasteiger partial charge in [-0.1, -0.05) is 109 Å². The maximum atomic E-state index is 2.28. The van der Waals surface area contributed by atoms with Crippen molar-refractivity contribution >= 4 is 0 Å². The van der Waals surface area contributed by atoms with Crippen LogP contribution in [0, 0.1) is 0 Å². The van der Waals surface area contributed by atoms with Crippen molar-refractivity contribution in [3.05, 3.63) is 132 Å². The van der Waals surface area contributed by atoms with Crippen molar-refractivity contribution in [3.8, 4) is 11.1 Å². The Morgan fingerprint density at radius 1 is 0.452 bits per heavy atom. The van der Waals surface area contributed by atoms with Crippen molar-refractivity contribution in [1.29, 1.82) is 0 Å². The Balaban J connectivity index is 1.48. The van der Waals surface area contributed by atoms with E-state index in [0.29, 0.717) is 0 Å². The van der Waals surface area contributed by atoms with Crippen molar-refractivity contribution in [2.24, 2.45) is 0 Å². The summed E-state index contributed by atoms with van der Waals surface area (Å²) in [5, 5.41) is 0. The van der Waals surface area contributed by atoms with Gasteiger partial charge in [-0.3, -0.25) is 0 Å². The summed E-state index contributed by atoms with van der Waals surface area (Å²) in [5.74, 6) is 0. The van der Waals surface area contributed by atoms with Crippen LogP contribution in [0.5, 0.6) is 0 Å². The lowest BCUT2D eigenvalue weighted by Gasteiger charge is -2.05. The van der Waals surface area contributed by atoms with E-state index in [-0.39, 0.29) is 0 Å². The topological polar surface area (TPSA) is 0 Å². The van der Waals surface area contributed by atoms with Crippen molar-refractivity contribution in [2.45, 2.75) is 46.0 Å². The third kappa shape index (κ3) is 7.57. The van der Waals surface area contributed by atoms with Crippen molar-refractivity contribution in [2.75, 3.05) is 0 Å². The third-order valence-corrected chi connectivity index (χ3v) is 5.56.